The van der Waals surface area contributed by atoms with Crippen molar-refractivity contribution in [3.63, 3.8) is 0 Å². The Morgan fingerprint density at radius 3 is 2.70 bits per heavy atom. The van der Waals surface area contributed by atoms with E-state index >= 15 is 0 Å². The van der Waals surface area contributed by atoms with Crippen LogP contribution in [0.5, 0.6) is 0 Å². The summed E-state index contributed by atoms with van der Waals surface area (Å²) in [6, 6.07) is 3.75. The van der Waals surface area contributed by atoms with Crippen molar-refractivity contribution < 1.29 is 9.59 Å². The predicted octanol–water partition coefficient (Wildman–Crippen LogP) is 3.87. The van der Waals surface area contributed by atoms with Gasteiger partial charge in [-0.1, -0.05) is 6.42 Å². The second kappa shape index (κ2) is 6.94. The molecule has 0 aromatic carbocycles. The van der Waals surface area contributed by atoms with Gasteiger partial charge in [0, 0.05) is 16.0 Å². The van der Waals surface area contributed by atoms with Gasteiger partial charge in [-0.15, -0.1) is 22.7 Å². The van der Waals surface area contributed by atoms with E-state index in [2.05, 4.69) is 10.3 Å². The lowest BCUT2D eigenvalue weighted by Gasteiger charge is -2.06. The second-order valence-electron chi connectivity index (χ2n) is 6.74. The monoisotopic (exact) mass is 400 g/mol. The molecule has 0 atom stereocenters. The largest absolute Gasteiger partial charge is 0.397 e. The number of hydrogen-bond donors (Lipinski definition) is 3. The fraction of sp³-hybridized carbons (Fsp3) is 0.316. The van der Waals surface area contributed by atoms with E-state index in [1.54, 1.807) is 0 Å². The van der Waals surface area contributed by atoms with Crippen molar-refractivity contribution in [2.75, 3.05) is 11.1 Å². The first-order valence-corrected chi connectivity index (χ1v) is 10.5. The highest BCUT2D eigenvalue weighted by Crippen LogP contribution is 2.39. The third kappa shape index (κ3) is 3.19. The van der Waals surface area contributed by atoms with Gasteiger partial charge in [0.2, 0.25) is 0 Å². The molecule has 1 aliphatic rings. The number of nitrogens with one attached hydrogen (secondary N) is 1. The number of nitrogen functional groups attached to an aromatic ring is 1. The summed E-state index contributed by atoms with van der Waals surface area (Å²) < 4.78 is 0. The first-order valence-electron chi connectivity index (χ1n) is 8.87. The standard InChI is InChI=1S/C19H20N4O2S2/c1-9-7-8-11-14(20)15(27-18(11)22-9)17(25)23-19-13(16(21)24)10-5-3-2-4-6-12(10)26-19/h7-8H,2-6,20H2,1H3,(H2,21,24)(H,23,25). The minimum atomic E-state index is -0.494. The van der Waals surface area contributed by atoms with Crippen LogP contribution in [-0.2, 0) is 12.8 Å². The third-order valence-electron chi connectivity index (χ3n) is 4.83. The maximum absolute atomic E-state index is 12.9. The molecular formula is C19H20N4O2S2. The fourth-order valence-electron chi connectivity index (χ4n) is 3.51. The van der Waals surface area contributed by atoms with Gasteiger partial charge in [0.15, 0.2) is 0 Å². The van der Waals surface area contributed by atoms with E-state index in [0.29, 0.717) is 21.1 Å². The molecule has 6 nitrogen and oxygen atoms in total. The van der Waals surface area contributed by atoms with E-state index in [9.17, 15) is 9.59 Å². The molecule has 27 heavy (non-hydrogen) atoms. The summed E-state index contributed by atoms with van der Waals surface area (Å²) in [7, 11) is 0. The van der Waals surface area contributed by atoms with Crippen molar-refractivity contribution in [2.45, 2.75) is 39.0 Å². The zero-order chi connectivity index (χ0) is 19.1. The Morgan fingerprint density at radius 1 is 1.15 bits per heavy atom. The van der Waals surface area contributed by atoms with E-state index in [1.807, 2.05) is 19.1 Å². The van der Waals surface area contributed by atoms with Crippen LogP contribution < -0.4 is 16.8 Å². The molecule has 4 rings (SSSR count). The van der Waals surface area contributed by atoms with E-state index in [4.69, 9.17) is 11.5 Å². The van der Waals surface area contributed by atoms with Crippen LogP contribution in [0.1, 0.15) is 55.4 Å². The predicted molar refractivity (Wildman–Crippen MR) is 111 cm³/mol. The maximum Gasteiger partial charge on any atom is 0.268 e. The summed E-state index contributed by atoms with van der Waals surface area (Å²) >= 11 is 2.72. The van der Waals surface area contributed by atoms with Gasteiger partial charge >= 0.3 is 0 Å². The Hall–Kier alpha value is -2.45. The van der Waals surface area contributed by atoms with E-state index in [1.165, 1.54) is 22.7 Å². The number of amides is 2. The topological polar surface area (TPSA) is 111 Å². The summed E-state index contributed by atoms with van der Waals surface area (Å²) in [5.41, 5.74) is 14.6. The SMILES string of the molecule is Cc1ccc2c(N)c(C(=O)Nc3sc4c(c3C(N)=O)CCCCC4)sc2n1. The number of anilines is 2. The Morgan fingerprint density at radius 2 is 1.93 bits per heavy atom. The summed E-state index contributed by atoms with van der Waals surface area (Å²) in [5, 5.41) is 4.18. The molecule has 3 aromatic rings. The highest BCUT2D eigenvalue weighted by molar-refractivity contribution is 7.21. The van der Waals surface area contributed by atoms with Crippen LogP contribution in [0.15, 0.2) is 12.1 Å². The lowest BCUT2D eigenvalue weighted by Crippen LogP contribution is -2.18. The number of thiophene rings is 2. The van der Waals surface area contributed by atoms with Crippen LogP contribution in [0.3, 0.4) is 0 Å². The number of carbonyl (C=O) groups excluding carboxylic acids is 2. The van der Waals surface area contributed by atoms with Crippen LogP contribution in [-0.4, -0.2) is 16.8 Å². The molecule has 0 bridgehead atoms. The number of rotatable bonds is 3. The molecular weight excluding hydrogens is 380 g/mol. The average Bonchev–Trinajstić information content (AvgIpc) is 3.03. The summed E-state index contributed by atoms with van der Waals surface area (Å²) in [6.07, 6.45) is 5.02. The summed E-state index contributed by atoms with van der Waals surface area (Å²) in [4.78, 5) is 31.7. The number of primary amides is 1. The normalized spacial score (nSPS) is 14.0. The van der Waals surface area contributed by atoms with Gasteiger partial charge in [-0.05, 0) is 50.3 Å². The molecule has 0 fully saturated rings. The smallest absolute Gasteiger partial charge is 0.268 e. The molecule has 0 radical (unpaired) electrons. The number of pyridine rings is 1. The minimum absolute atomic E-state index is 0.327. The molecule has 5 N–H and O–H groups in total. The van der Waals surface area contributed by atoms with Crippen molar-refractivity contribution in [3.8, 4) is 0 Å². The van der Waals surface area contributed by atoms with E-state index in [-0.39, 0.29) is 5.91 Å². The van der Waals surface area contributed by atoms with Crippen LogP contribution in [0, 0.1) is 6.92 Å². The molecule has 0 spiro atoms. The van der Waals surface area contributed by atoms with Crippen LogP contribution in [0.25, 0.3) is 10.2 Å². The van der Waals surface area contributed by atoms with Gasteiger partial charge in [-0.25, -0.2) is 4.98 Å². The van der Waals surface area contributed by atoms with Crippen molar-refractivity contribution in [2.24, 2.45) is 5.73 Å². The van der Waals surface area contributed by atoms with E-state index in [0.717, 1.165) is 58.5 Å². The minimum Gasteiger partial charge on any atom is -0.397 e. The molecule has 2 amide bonds. The van der Waals surface area contributed by atoms with Gasteiger partial charge < -0.3 is 16.8 Å². The van der Waals surface area contributed by atoms with Crippen molar-refractivity contribution in [1.82, 2.24) is 4.98 Å². The van der Waals surface area contributed by atoms with Gasteiger partial charge in [-0.2, -0.15) is 0 Å². The van der Waals surface area contributed by atoms with Gasteiger partial charge in [0.25, 0.3) is 11.8 Å². The Kier molecular flexibility index (Phi) is 4.61. The first-order chi connectivity index (χ1) is 13.0. The molecule has 140 valence electrons. The zero-order valence-corrected chi connectivity index (χ0v) is 16.6. The van der Waals surface area contributed by atoms with Crippen molar-refractivity contribution >= 4 is 55.4 Å². The van der Waals surface area contributed by atoms with Crippen molar-refractivity contribution in [3.05, 3.63) is 38.7 Å². The Bertz CT molecular complexity index is 1070. The first kappa shape index (κ1) is 17.9. The molecule has 0 unspecified atom stereocenters. The summed E-state index contributed by atoms with van der Waals surface area (Å²) in [5.74, 6) is -0.821. The van der Waals surface area contributed by atoms with Crippen LogP contribution >= 0.6 is 22.7 Å². The van der Waals surface area contributed by atoms with Gasteiger partial charge in [-0.3, -0.25) is 9.59 Å². The number of nitrogens with zero attached hydrogens (tertiary/aromatic N) is 1. The molecule has 0 saturated heterocycles. The Labute approximate surface area is 164 Å². The zero-order valence-electron chi connectivity index (χ0n) is 14.9. The Balaban J connectivity index is 1.71. The van der Waals surface area contributed by atoms with Crippen molar-refractivity contribution in [1.29, 1.82) is 0 Å². The molecule has 1 aliphatic carbocycles. The molecule has 3 aromatic heterocycles. The fourth-order valence-corrected chi connectivity index (χ4v) is 5.83. The molecule has 8 heteroatoms. The lowest BCUT2D eigenvalue weighted by molar-refractivity contribution is 0.100. The number of carbonyl (C=O) groups is 2. The maximum atomic E-state index is 12.9. The number of fused-ring (bicyclic) bond motifs is 2. The number of hydrogen-bond acceptors (Lipinski definition) is 6. The lowest BCUT2D eigenvalue weighted by atomic mass is 10.1. The number of aryl methyl sites for hydroxylation is 2. The third-order valence-corrected chi connectivity index (χ3v) is 7.16. The van der Waals surface area contributed by atoms with E-state index < -0.39 is 5.91 Å². The highest BCUT2D eigenvalue weighted by Gasteiger charge is 2.26. The molecule has 3 heterocycles. The molecule has 0 aliphatic heterocycles. The molecule has 0 saturated carbocycles. The van der Waals surface area contributed by atoms with Crippen LogP contribution in [0.4, 0.5) is 10.7 Å². The quantitative estimate of drug-likeness (QED) is 0.580. The average molecular weight is 401 g/mol. The highest BCUT2D eigenvalue weighted by atomic mass is 32.1. The second-order valence-corrected chi connectivity index (χ2v) is 8.84. The number of nitrogens with two attached hydrogens (primary N) is 2. The van der Waals surface area contributed by atoms with Gasteiger partial charge in [0.1, 0.15) is 14.7 Å². The van der Waals surface area contributed by atoms with Crippen LogP contribution in [0.2, 0.25) is 0 Å². The van der Waals surface area contributed by atoms with Gasteiger partial charge in [0.05, 0.1) is 11.3 Å². The summed E-state index contributed by atoms with van der Waals surface area (Å²) in [6.45, 7) is 1.90. The number of aromatic nitrogens is 1.